The predicted molar refractivity (Wildman–Crippen MR) is 117 cm³/mol. The number of hydrogen-bond donors (Lipinski definition) is 2. The molecule has 1 saturated heterocycles. The first-order chi connectivity index (χ1) is 14.2. The van der Waals surface area contributed by atoms with E-state index in [2.05, 4.69) is 20.5 Å². The van der Waals surface area contributed by atoms with E-state index in [9.17, 15) is 0 Å². The molecule has 29 heavy (non-hydrogen) atoms. The Labute approximate surface area is 174 Å². The third-order valence-electron chi connectivity index (χ3n) is 4.89. The predicted octanol–water partition coefficient (Wildman–Crippen LogP) is 1.89. The lowest BCUT2D eigenvalue weighted by Crippen LogP contribution is -2.44. The van der Waals surface area contributed by atoms with Crippen LogP contribution < -0.4 is 25.0 Å². The zero-order chi connectivity index (χ0) is 20.9. The molecule has 1 unspecified atom stereocenters. The highest BCUT2D eigenvalue weighted by Gasteiger charge is 2.24. The molecule has 8 heteroatoms. The molecule has 2 N–H and O–H groups in total. The molecular weight excluding hydrogens is 372 g/mol. The number of benzene rings is 1. The maximum atomic E-state index is 5.48. The number of methoxy groups -OCH3 is 3. The van der Waals surface area contributed by atoms with E-state index in [1.54, 1.807) is 21.3 Å². The maximum Gasteiger partial charge on any atom is 0.191 e. The van der Waals surface area contributed by atoms with Gasteiger partial charge in [0.15, 0.2) is 5.96 Å². The molecule has 0 amide bonds. The van der Waals surface area contributed by atoms with Crippen molar-refractivity contribution in [1.29, 1.82) is 0 Å². The number of rotatable bonds is 12. The van der Waals surface area contributed by atoms with Crippen molar-refractivity contribution in [3.8, 4) is 11.5 Å². The van der Waals surface area contributed by atoms with Gasteiger partial charge < -0.3 is 34.5 Å². The summed E-state index contributed by atoms with van der Waals surface area (Å²) in [5.74, 6) is 2.46. The molecule has 1 aromatic carbocycles. The van der Waals surface area contributed by atoms with Crippen LogP contribution in [0.5, 0.6) is 11.5 Å². The molecule has 1 aromatic rings. The van der Waals surface area contributed by atoms with Crippen molar-refractivity contribution in [3.05, 3.63) is 18.2 Å². The minimum absolute atomic E-state index is 0.343. The molecule has 0 bridgehead atoms. The smallest absolute Gasteiger partial charge is 0.191 e. The zero-order valence-electron chi connectivity index (χ0n) is 18.2. The fourth-order valence-corrected chi connectivity index (χ4v) is 3.26. The molecule has 0 spiro atoms. The van der Waals surface area contributed by atoms with E-state index in [4.69, 9.17) is 18.9 Å². The molecule has 1 aliphatic rings. The lowest BCUT2D eigenvalue weighted by atomic mass is 10.2. The lowest BCUT2D eigenvalue weighted by molar-refractivity contribution is 0.0689. The average Bonchev–Trinajstić information content (AvgIpc) is 3.22. The van der Waals surface area contributed by atoms with Crippen LogP contribution in [0.2, 0.25) is 0 Å². The number of aliphatic imine (C=N–C) groups is 1. The van der Waals surface area contributed by atoms with E-state index in [-0.39, 0.29) is 0 Å². The highest BCUT2D eigenvalue weighted by Crippen LogP contribution is 2.30. The maximum absolute atomic E-state index is 5.48. The van der Waals surface area contributed by atoms with Crippen molar-refractivity contribution in [2.75, 3.05) is 72.7 Å². The van der Waals surface area contributed by atoms with Gasteiger partial charge in [0.25, 0.3) is 0 Å². The number of ether oxygens (including phenoxy) is 4. The third kappa shape index (κ3) is 7.98. The van der Waals surface area contributed by atoms with Crippen LogP contribution in [0, 0.1) is 0 Å². The molecular formula is C21H36N4O4. The molecule has 8 nitrogen and oxygen atoms in total. The monoisotopic (exact) mass is 408 g/mol. The number of nitrogens with one attached hydrogen (secondary N) is 2. The Kier molecular flexibility index (Phi) is 10.4. The third-order valence-corrected chi connectivity index (χ3v) is 4.89. The van der Waals surface area contributed by atoms with Crippen LogP contribution >= 0.6 is 0 Å². The highest BCUT2D eigenvalue weighted by molar-refractivity contribution is 5.80. The van der Waals surface area contributed by atoms with Gasteiger partial charge in [-0.25, -0.2) is 0 Å². The molecule has 164 valence electrons. The Bertz CT molecular complexity index is 604. The van der Waals surface area contributed by atoms with Crippen molar-refractivity contribution in [2.45, 2.75) is 25.3 Å². The summed E-state index contributed by atoms with van der Waals surface area (Å²) in [4.78, 5) is 6.69. The summed E-state index contributed by atoms with van der Waals surface area (Å²) in [7, 11) is 6.84. The summed E-state index contributed by atoms with van der Waals surface area (Å²) in [6.07, 6.45) is 3.10. The SMILES string of the molecule is CN=C(NCCCCOCCOC)NC1CCN(c2cc(OC)cc(OC)c2)C1. The molecule has 2 rings (SSSR count). The molecule has 0 aliphatic carbocycles. The van der Waals surface area contributed by atoms with Crippen molar-refractivity contribution in [2.24, 2.45) is 4.99 Å². The first kappa shape index (κ1) is 23.1. The Morgan fingerprint density at radius 2 is 1.83 bits per heavy atom. The number of anilines is 1. The first-order valence-electron chi connectivity index (χ1n) is 10.2. The Balaban J connectivity index is 1.72. The highest BCUT2D eigenvalue weighted by atomic mass is 16.5. The van der Waals surface area contributed by atoms with Crippen molar-refractivity contribution in [3.63, 3.8) is 0 Å². The topological polar surface area (TPSA) is 76.6 Å². The van der Waals surface area contributed by atoms with Crippen LogP contribution in [0.25, 0.3) is 0 Å². The second-order valence-electron chi connectivity index (χ2n) is 6.96. The van der Waals surface area contributed by atoms with Gasteiger partial charge in [-0.2, -0.15) is 0 Å². The van der Waals surface area contributed by atoms with E-state index in [1.165, 1.54) is 0 Å². The lowest BCUT2D eigenvalue weighted by Gasteiger charge is -2.21. The molecule has 1 aliphatic heterocycles. The van der Waals surface area contributed by atoms with Crippen molar-refractivity contribution < 1.29 is 18.9 Å². The first-order valence-corrected chi connectivity index (χ1v) is 10.2. The minimum atomic E-state index is 0.343. The normalized spacial score (nSPS) is 16.8. The van der Waals surface area contributed by atoms with Gasteiger partial charge in [-0.05, 0) is 19.3 Å². The van der Waals surface area contributed by atoms with E-state index in [0.29, 0.717) is 19.3 Å². The Morgan fingerprint density at radius 1 is 1.07 bits per heavy atom. The fraction of sp³-hybridized carbons (Fsp3) is 0.667. The van der Waals surface area contributed by atoms with Crippen LogP contribution in [0.3, 0.4) is 0 Å². The van der Waals surface area contributed by atoms with Gasteiger partial charge in [0.05, 0.1) is 27.4 Å². The Hall–Kier alpha value is -2.19. The molecule has 1 fully saturated rings. The average molecular weight is 409 g/mol. The minimum Gasteiger partial charge on any atom is -0.497 e. The molecule has 1 heterocycles. The molecule has 0 aromatic heterocycles. The van der Waals surface area contributed by atoms with Gasteiger partial charge in [0, 0.05) is 70.3 Å². The number of guanidine groups is 1. The van der Waals surface area contributed by atoms with E-state index in [0.717, 1.165) is 68.6 Å². The van der Waals surface area contributed by atoms with Gasteiger partial charge in [-0.3, -0.25) is 4.99 Å². The van der Waals surface area contributed by atoms with Crippen LogP contribution in [0.1, 0.15) is 19.3 Å². The zero-order valence-corrected chi connectivity index (χ0v) is 18.2. The molecule has 0 radical (unpaired) electrons. The van der Waals surface area contributed by atoms with E-state index in [1.807, 2.05) is 25.2 Å². The standard InChI is InChI=1S/C21H36N4O4/c1-22-21(23-8-5-6-10-29-12-11-26-2)24-17-7-9-25(16-17)18-13-19(27-3)15-20(14-18)28-4/h13-15,17H,5-12,16H2,1-4H3,(H2,22,23,24). The number of unbranched alkanes of at least 4 members (excludes halogenated alkanes) is 1. The van der Waals surface area contributed by atoms with E-state index < -0.39 is 0 Å². The van der Waals surface area contributed by atoms with Crippen LogP contribution in [-0.4, -0.2) is 79.8 Å². The number of hydrogen-bond acceptors (Lipinski definition) is 6. The second-order valence-corrected chi connectivity index (χ2v) is 6.96. The van der Waals surface area contributed by atoms with Gasteiger partial charge in [0.1, 0.15) is 11.5 Å². The van der Waals surface area contributed by atoms with Crippen LogP contribution in [0.15, 0.2) is 23.2 Å². The van der Waals surface area contributed by atoms with Crippen LogP contribution in [0.4, 0.5) is 5.69 Å². The summed E-state index contributed by atoms with van der Waals surface area (Å²) < 4.78 is 21.2. The fourth-order valence-electron chi connectivity index (χ4n) is 3.26. The quantitative estimate of drug-likeness (QED) is 0.311. The van der Waals surface area contributed by atoms with Gasteiger partial charge in [-0.1, -0.05) is 0 Å². The Morgan fingerprint density at radius 3 is 2.48 bits per heavy atom. The van der Waals surface area contributed by atoms with Crippen molar-refractivity contribution in [1.82, 2.24) is 10.6 Å². The molecule has 1 atom stereocenters. The summed E-state index contributed by atoms with van der Waals surface area (Å²) in [6.45, 7) is 4.82. The van der Waals surface area contributed by atoms with Crippen molar-refractivity contribution >= 4 is 11.6 Å². The number of nitrogens with zero attached hydrogens (tertiary/aromatic N) is 2. The largest absolute Gasteiger partial charge is 0.497 e. The molecule has 0 saturated carbocycles. The van der Waals surface area contributed by atoms with Crippen LogP contribution in [-0.2, 0) is 9.47 Å². The van der Waals surface area contributed by atoms with Gasteiger partial charge in [-0.15, -0.1) is 0 Å². The summed E-state index contributed by atoms with van der Waals surface area (Å²) in [5.41, 5.74) is 1.11. The van der Waals surface area contributed by atoms with Gasteiger partial charge in [0.2, 0.25) is 0 Å². The van der Waals surface area contributed by atoms with E-state index >= 15 is 0 Å². The van der Waals surface area contributed by atoms with Gasteiger partial charge >= 0.3 is 0 Å². The summed E-state index contributed by atoms with van der Waals surface area (Å²) in [5, 5.41) is 6.92. The summed E-state index contributed by atoms with van der Waals surface area (Å²) >= 11 is 0. The second kappa shape index (κ2) is 13.1. The summed E-state index contributed by atoms with van der Waals surface area (Å²) in [6, 6.07) is 6.33.